The highest BCUT2D eigenvalue weighted by atomic mass is 31.1. The number of benzene rings is 6. The van der Waals surface area contributed by atoms with Gasteiger partial charge in [0.2, 0.25) is 0 Å². The first-order chi connectivity index (χ1) is 19.4. The van der Waals surface area contributed by atoms with E-state index >= 15 is 0 Å². The number of para-hydroxylation sites is 5. The first-order valence-electron chi connectivity index (χ1n) is 13.3. The Balaban J connectivity index is 1.54. The van der Waals surface area contributed by atoms with E-state index in [9.17, 15) is 0 Å². The van der Waals surface area contributed by atoms with Crippen LogP contribution < -0.4 is 10.6 Å². The monoisotopic (exact) mass is 516 g/mol. The van der Waals surface area contributed by atoms with Gasteiger partial charge in [0.15, 0.2) is 0 Å². The molecule has 0 spiro atoms. The normalized spacial score (nSPS) is 12.0. The topological polar surface area (TPSA) is 9.86 Å². The second-order valence-electron chi connectivity index (χ2n) is 9.90. The highest BCUT2D eigenvalue weighted by Gasteiger charge is 2.21. The summed E-state index contributed by atoms with van der Waals surface area (Å²) in [4.78, 5) is 0. The molecule has 1 unspecified atom stereocenters. The lowest BCUT2D eigenvalue weighted by Crippen LogP contribution is -2.15. The van der Waals surface area contributed by atoms with E-state index < -0.39 is 0 Å². The van der Waals surface area contributed by atoms with Crippen LogP contribution in [-0.2, 0) is 0 Å². The molecule has 3 heteroatoms. The molecule has 0 saturated carbocycles. The second-order valence-corrected chi connectivity index (χ2v) is 11.3. The smallest absolute Gasteiger partial charge is 0.0780 e. The minimum Gasteiger partial charge on any atom is -0.307 e. The fraction of sp³-hybridized carbons (Fsp3) is 0. The van der Waals surface area contributed by atoms with Crippen LogP contribution in [0.25, 0.3) is 55.0 Å². The van der Waals surface area contributed by atoms with E-state index in [1.807, 2.05) is 0 Å². The predicted octanol–water partition coefficient (Wildman–Crippen LogP) is 8.51. The van der Waals surface area contributed by atoms with Crippen molar-refractivity contribution in [1.29, 1.82) is 0 Å². The van der Waals surface area contributed by atoms with Crippen molar-refractivity contribution in [3.63, 3.8) is 0 Å². The molecule has 39 heavy (non-hydrogen) atoms. The zero-order chi connectivity index (χ0) is 25.8. The molecule has 0 radical (unpaired) electrons. The second kappa shape index (κ2) is 8.98. The maximum Gasteiger partial charge on any atom is 0.0780 e. The summed E-state index contributed by atoms with van der Waals surface area (Å²) >= 11 is 0. The van der Waals surface area contributed by atoms with Crippen molar-refractivity contribution in [2.75, 3.05) is 0 Å². The Kier molecular flexibility index (Phi) is 5.14. The van der Waals surface area contributed by atoms with Gasteiger partial charge >= 0.3 is 0 Å². The van der Waals surface area contributed by atoms with Gasteiger partial charge in [-0.25, -0.2) is 0 Å². The Morgan fingerprint density at radius 1 is 0.359 bits per heavy atom. The molecular weight excluding hydrogens is 491 g/mol. The Morgan fingerprint density at radius 2 is 0.795 bits per heavy atom. The summed E-state index contributed by atoms with van der Waals surface area (Å²) in [6, 6.07) is 52.8. The standard InChI is InChI=1S/C36H25N2P/c1-2-13-25(14-3-1)39-35-24-12-23-34(37-30-19-8-4-15-26(30)27-16-5-9-20-31(27)37)36(35)38-32-21-10-6-17-28(32)29-18-7-11-22-33(29)38/h1-24,39H. The number of nitrogens with zero attached hydrogens (tertiary/aromatic N) is 2. The third-order valence-corrected chi connectivity index (χ3v) is 8.99. The molecule has 0 amide bonds. The highest BCUT2D eigenvalue weighted by molar-refractivity contribution is 7.55. The fourth-order valence-electron chi connectivity index (χ4n) is 6.07. The molecular formula is C36H25N2P. The van der Waals surface area contributed by atoms with Crippen LogP contribution in [0.2, 0.25) is 0 Å². The fourth-order valence-corrected chi connectivity index (χ4v) is 7.28. The number of hydrogen-bond acceptors (Lipinski definition) is 0. The number of hydrogen-bond donors (Lipinski definition) is 0. The molecule has 0 aliphatic heterocycles. The van der Waals surface area contributed by atoms with E-state index in [4.69, 9.17) is 0 Å². The van der Waals surface area contributed by atoms with Crippen LogP contribution in [0.3, 0.4) is 0 Å². The predicted molar refractivity (Wildman–Crippen MR) is 169 cm³/mol. The molecule has 0 saturated heterocycles. The molecule has 184 valence electrons. The van der Waals surface area contributed by atoms with E-state index in [2.05, 4.69) is 155 Å². The molecule has 8 aromatic rings. The first kappa shape index (κ1) is 22.3. The van der Waals surface area contributed by atoms with Gasteiger partial charge in [0, 0.05) is 26.8 Å². The Bertz CT molecular complexity index is 2040. The van der Waals surface area contributed by atoms with Crippen LogP contribution >= 0.6 is 8.58 Å². The molecule has 0 aliphatic rings. The number of rotatable bonds is 4. The summed E-state index contributed by atoms with van der Waals surface area (Å²) in [7, 11) is 0.526. The van der Waals surface area contributed by atoms with E-state index in [0.717, 1.165) is 0 Å². The van der Waals surface area contributed by atoms with Crippen molar-refractivity contribution in [3.8, 4) is 11.4 Å². The van der Waals surface area contributed by atoms with Crippen molar-refractivity contribution in [2.24, 2.45) is 0 Å². The zero-order valence-electron chi connectivity index (χ0n) is 21.3. The quantitative estimate of drug-likeness (QED) is 0.208. The van der Waals surface area contributed by atoms with E-state index in [-0.39, 0.29) is 0 Å². The van der Waals surface area contributed by atoms with Crippen molar-refractivity contribution in [3.05, 3.63) is 146 Å². The summed E-state index contributed by atoms with van der Waals surface area (Å²) < 4.78 is 4.96. The van der Waals surface area contributed by atoms with Crippen LogP contribution in [0, 0.1) is 0 Å². The van der Waals surface area contributed by atoms with E-state index in [0.29, 0.717) is 8.58 Å². The van der Waals surface area contributed by atoms with Crippen molar-refractivity contribution in [2.45, 2.75) is 0 Å². The third kappa shape index (κ3) is 3.46. The van der Waals surface area contributed by atoms with Crippen molar-refractivity contribution in [1.82, 2.24) is 9.13 Å². The molecule has 1 atom stereocenters. The molecule has 2 aromatic heterocycles. The molecule has 2 heterocycles. The van der Waals surface area contributed by atoms with Crippen LogP contribution in [0.5, 0.6) is 0 Å². The summed E-state index contributed by atoms with van der Waals surface area (Å²) in [5.41, 5.74) is 7.34. The number of fused-ring (bicyclic) bond motifs is 6. The summed E-state index contributed by atoms with van der Waals surface area (Å²) in [5, 5.41) is 7.76. The molecule has 6 aromatic carbocycles. The molecule has 0 aliphatic carbocycles. The molecule has 0 fully saturated rings. The lowest BCUT2D eigenvalue weighted by molar-refractivity contribution is 1.10. The van der Waals surface area contributed by atoms with Gasteiger partial charge in [0.05, 0.1) is 33.4 Å². The van der Waals surface area contributed by atoms with Crippen LogP contribution in [0.15, 0.2) is 146 Å². The average molecular weight is 517 g/mol. The van der Waals surface area contributed by atoms with Gasteiger partial charge in [-0.05, 0) is 35.6 Å². The first-order valence-corrected chi connectivity index (χ1v) is 14.3. The molecule has 8 rings (SSSR count). The molecule has 2 nitrogen and oxygen atoms in total. The summed E-state index contributed by atoms with van der Waals surface area (Å²) in [5.74, 6) is 0. The Hall–Kier alpha value is -4.65. The lowest BCUT2D eigenvalue weighted by atomic mass is 10.2. The average Bonchev–Trinajstić information content (AvgIpc) is 3.51. The van der Waals surface area contributed by atoms with Gasteiger partial charge in [0.1, 0.15) is 0 Å². The maximum atomic E-state index is 2.49. The van der Waals surface area contributed by atoms with Crippen molar-refractivity contribution < 1.29 is 0 Å². The lowest BCUT2D eigenvalue weighted by Gasteiger charge is -2.20. The van der Waals surface area contributed by atoms with Crippen LogP contribution in [0.4, 0.5) is 0 Å². The van der Waals surface area contributed by atoms with Gasteiger partial charge in [-0.3, -0.25) is 0 Å². The molecule has 0 N–H and O–H groups in total. The van der Waals surface area contributed by atoms with E-state index in [1.165, 1.54) is 65.6 Å². The molecule has 0 bridgehead atoms. The van der Waals surface area contributed by atoms with Gasteiger partial charge in [-0.1, -0.05) is 124 Å². The van der Waals surface area contributed by atoms with Gasteiger partial charge < -0.3 is 9.13 Å². The highest BCUT2D eigenvalue weighted by Crippen LogP contribution is 2.38. The Labute approximate surface area is 228 Å². The zero-order valence-corrected chi connectivity index (χ0v) is 22.3. The SMILES string of the molecule is c1ccc(Pc2cccc(-n3c4ccccc4c4ccccc43)c2-n2c3ccccc3c3ccccc32)cc1. The van der Waals surface area contributed by atoms with Crippen LogP contribution in [-0.4, -0.2) is 9.13 Å². The number of aromatic nitrogens is 2. The third-order valence-electron chi connectivity index (χ3n) is 7.69. The minimum atomic E-state index is 0.526. The summed E-state index contributed by atoms with van der Waals surface area (Å²) in [6.07, 6.45) is 0. The van der Waals surface area contributed by atoms with Crippen LogP contribution in [0.1, 0.15) is 0 Å². The van der Waals surface area contributed by atoms with Crippen molar-refractivity contribution >= 4 is 62.8 Å². The largest absolute Gasteiger partial charge is 0.307 e. The van der Waals surface area contributed by atoms with E-state index in [1.54, 1.807) is 0 Å². The van der Waals surface area contributed by atoms with Gasteiger partial charge in [0.25, 0.3) is 0 Å². The minimum absolute atomic E-state index is 0.526. The summed E-state index contributed by atoms with van der Waals surface area (Å²) in [6.45, 7) is 0. The Morgan fingerprint density at radius 3 is 1.31 bits per heavy atom. The van der Waals surface area contributed by atoms with Gasteiger partial charge in [-0.15, -0.1) is 0 Å². The van der Waals surface area contributed by atoms with Gasteiger partial charge in [-0.2, -0.15) is 0 Å². The maximum absolute atomic E-state index is 2.49.